The molecule has 1 aromatic carbocycles. The fourth-order valence-electron chi connectivity index (χ4n) is 3.02. The van der Waals surface area contributed by atoms with Crippen molar-refractivity contribution in [1.29, 1.82) is 0 Å². The van der Waals surface area contributed by atoms with Crippen LogP contribution in [-0.4, -0.2) is 40.1 Å². The minimum atomic E-state index is -0.957. The van der Waals surface area contributed by atoms with E-state index < -0.39 is 23.6 Å². The van der Waals surface area contributed by atoms with Gasteiger partial charge in [-0.2, -0.15) is 5.10 Å². The summed E-state index contributed by atoms with van der Waals surface area (Å²) in [6.07, 6.45) is 0. The highest BCUT2D eigenvalue weighted by Crippen LogP contribution is 2.34. The Kier molecular flexibility index (Phi) is 4.28. The minimum absolute atomic E-state index is 0.0478. The van der Waals surface area contributed by atoms with Crippen LogP contribution < -0.4 is 5.32 Å². The van der Waals surface area contributed by atoms with Crippen molar-refractivity contribution in [2.75, 3.05) is 18.9 Å². The predicted molar refractivity (Wildman–Crippen MR) is 87.1 cm³/mol. The standard InChI is InChI=1S/C16H16ClFN4O2/c1-21-8-9(12-7-13(17)20-22(12)2)14(16(21)24)15(23)19-11-6-4-3-5-10(11)18/h3-7,9,14H,8H2,1-2H3,(H,19,23)/t9?,14-/m0/s1. The average molecular weight is 351 g/mol. The van der Waals surface area contributed by atoms with Gasteiger partial charge in [0.05, 0.1) is 5.69 Å². The van der Waals surface area contributed by atoms with Crippen molar-refractivity contribution in [2.45, 2.75) is 5.92 Å². The highest BCUT2D eigenvalue weighted by Gasteiger charge is 2.45. The second-order valence-electron chi connectivity index (χ2n) is 5.79. The summed E-state index contributed by atoms with van der Waals surface area (Å²) in [6, 6.07) is 7.48. The third-order valence-electron chi connectivity index (χ3n) is 4.20. The van der Waals surface area contributed by atoms with E-state index in [2.05, 4.69) is 10.4 Å². The molecule has 2 amide bonds. The second kappa shape index (κ2) is 6.24. The monoisotopic (exact) mass is 350 g/mol. The number of halogens is 2. The lowest BCUT2D eigenvalue weighted by Gasteiger charge is -2.17. The molecule has 0 saturated carbocycles. The van der Waals surface area contributed by atoms with E-state index in [4.69, 9.17) is 11.6 Å². The molecular weight excluding hydrogens is 335 g/mol. The fraction of sp³-hybridized carbons (Fsp3) is 0.312. The number of carbonyl (C=O) groups is 2. The van der Waals surface area contributed by atoms with E-state index in [0.29, 0.717) is 17.4 Å². The molecule has 1 saturated heterocycles. The number of nitrogens with zero attached hydrogens (tertiary/aromatic N) is 3. The topological polar surface area (TPSA) is 67.2 Å². The Morgan fingerprint density at radius 1 is 1.38 bits per heavy atom. The summed E-state index contributed by atoms with van der Waals surface area (Å²) >= 11 is 5.91. The summed E-state index contributed by atoms with van der Waals surface area (Å²) in [4.78, 5) is 26.6. The second-order valence-corrected chi connectivity index (χ2v) is 6.17. The number of aromatic nitrogens is 2. The average Bonchev–Trinajstić information content (AvgIpc) is 3.01. The maximum absolute atomic E-state index is 13.8. The number of hydrogen-bond acceptors (Lipinski definition) is 3. The van der Waals surface area contributed by atoms with Crippen LogP contribution >= 0.6 is 11.6 Å². The van der Waals surface area contributed by atoms with Crippen LogP contribution in [0.4, 0.5) is 10.1 Å². The Labute approximate surface area is 143 Å². The summed E-state index contributed by atoms with van der Waals surface area (Å²) in [5, 5.41) is 6.86. The Morgan fingerprint density at radius 2 is 2.08 bits per heavy atom. The van der Waals surface area contributed by atoms with E-state index >= 15 is 0 Å². The van der Waals surface area contributed by atoms with Gasteiger partial charge in [-0.05, 0) is 18.2 Å². The van der Waals surface area contributed by atoms with Gasteiger partial charge in [0.1, 0.15) is 11.7 Å². The van der Waals surface area contributed by atoms with Crippen molar-refractivity contribution >= 4 is 29.1 Å². The number of nitrogens with one attached hydrogen (secondary N) is 1. The first-order chi connectivity index (χ1) is 11.4. The van der Waals surface area contributed by atoms with E-state index in [-0.39, 0.29) is 11.6 Å². The van der Waals surface area contributed by atoms with Crippen LogP contribution in [0, 0.1) is 11.7 Å². The highest BCUT2D eigenvalue weighted by atomic mass is 35.5. The zero-order chi connectivity index (χ0) is 17.4. The Hall–Kier alpha value is -2.41. The Bertz CT molecular complexity index is 807. The predicted octanol–water partition coefficient (Wildman–Crippen LogP) is 2.02. The Balaban J connectivity index is 1.91. The molecule has 1 unspecified atom stereocenters. The molecule has 0 radical (unpaired) electrons. The maximum Gasteiger partial charge on any atom is 0.237 e. The van der Waals surface area contributed by atoms with Gasteiger partial charge in [-0.1, -0.05) is 23.7 Å². The first-order valence-electron chi connectivity index (χ1n) is 7.38. The van der Waals surface area contributed by atoms with Crippen molar-refractivity contribution in [3.8, 4) is 0 Å². The number of benzene rings is 1. The molecular formula is C16H16ClFN4O2. The normalized spacial score (nSPS) is 20.5. The van der Waals surface area contributed by atoms with Crippen LogP contribution in [0.5, 0.6) is 0 Å². The number of para-hydroxylation sites is 1. The number of hydrogen-bond donors (Lipinski definition) is 1. The van der Waals surface area contributed by atoms with E-state index in [9.17, 15) is 14.0 Å². The van der Waals surface area contributed by atoms with E-state index in [1.54, 1.807) is 30.9 Å². The van der Waals surface area contributed by atoms with Crippen molar-refractivity contribution in [2.24, 2.45) is 13.0 Å². The number of rotatable bonds is 3. The van der Waals surface area contributed by atoms with Crippen LogP contribution in [-0.2, 0) is 16.6 Å². The van der Waals surface area contributed by atoms with Crippen LogP contribution in [0.15, 0.2) is 30.3 Å². The molecule has 1 aromatic heterocycles. The van der Waals surface area contributed by atoms with Crippen molar-refractivity contribution in [1.82, 2.24) is 14.7 Å². The van der Waals surface area contributed by atoms with Crippen LogP contribution in [0.2, 0.25) is 5.15 Å². The molecule has 2 heterocycles. The summed E-state index contributed by atoms with van der Waals surface area (Å²) in [5.74, 6) is -2.77. The zero-order valence-electron chi connectivity index (χ0n) is 13.2. The molecule has 1 fully saturated rings. The first kappa shape index (κ1) is 16.4. The zero-order valence-corrected chi connectivity index (χ0v) is 13.9. The summed E-state index contributed by atoms with van der Waals surface area (Å²) in [5.41, 5.74) is 0.734. The fourth-order valence-corrected chi connectivity index (χ4v) is 3.25. The van der Waals surface area contributed by atoms with E-state index in [1.165, 1.54) is 23.1 Å². The molecule has 1 aliphatic rings. The third-order valence-corrected chi connectivity index (χ3v) is 4.38. The van der Waals surface area contributed by atoms with Crippen LogP contribution in [0.3, 0.4) is 0 Å². The number of amides is 2. The van der Waals surface area contributed by atoms with Crippen molar-refractivity contribution in [3.05, 3.63) is 47.0 Å². The Morgan fingerprint density at radius 3 is 2.71 bits per heavy atom. The van der Waals surface area contributed by atoms with Gasteiger partial charge >= 0.3 is 0 Å². The number of likely N-dealkylation sites (N-methyl/N-ethyl adjacent to an activating group) is 1. The quantitative estimate of drug-likeness (QED) is 0.861. The van der Waals surface area contributed by atoms with Gasteiger partial charge in [-0.25, -0.2) is 4.39 Å². The molecule has 8 heteroatoms. The molecule has 24 heavy (non-hydrogen) atoms. The van der Waals surface area contributed by atoms with Crippen molar-refractivity contribution < 1.29 is 14.0 Å². The van der Waals surface area contributed by atoms with Crippen LogP contribution in [0.25, 0.3) is 0 Å². The smallest absolute Gasteiger partial charge is 0.237 e. The lowest BCUT2D eigenvalue weighted by Crippen LogP contribution is -2.33. The molecule has 1 N–H and O–H groups in total. The molecule has 0 aliphatic carbocycles. The SMILES string of the molecule is CN1CC(c2cc(Cl)nn2C)[C@@H](C(=O)Nc2ccccc2F)C1=O. The molecule has 3 rings (SSSR count). The number of aryl methyl sites for hydroxylation is 1. The minimum Gasteiger partial charge on any atom is -0.344 e. The van der Waals surface area contributed by atoms with Gasteiger partial charge in [0.15, 0.2) is 5.15 Å². The molecule has 2 aromatic rings. The van der Waals surface area contributed by atoms with E-state index in [1.807, 2.05) is 0 Å². The van der Waals surface area contributed by atoms with Crippen LogP contribution in [0.1, 0.15) is 11.6 Å². The maximum atomic E-state index is 13.8. The van der Waals surface area contributed by atoms with Gasteiger partial charge in [0.2, 0.25) is 11.8 Å². The molecule has 2 atom stereocenters. The molecule has 126 valence electrons. The van der Waals surface area contributed by atoms with Gasteiger partial charge < -0.3 is 10.2 Å². The van der Waals surface area contributed by atoms with E-state index in [0.717, 1.165) is 0 Å². The molecule has 0 spiro atoms. The molecule has 6 nitrogen and oxygen atoms in total. The summed E-state index contributed by atoms with van der Waals surface area (Å²) in [6.45, 7) is 0.365. The van der Waals surface area contributed by atoms with Crippen molar-refractivity contribution in [3.63, 3.8) is 0 Å². The molecule has 1 aliphatic heterocycles. The third kappa shape index (κ3) is 2.87. The summed E-state index contributed by atoms with van der Waals surface area (Å²) in [7, 11) is 3.33. The highest BCUT2D eigenvalue weighted by molar-refractivity contribution is 6.29. The number of likely N-dealkylation sites (tertiary alicyclic amines) is 1. The number of anilines is 1. The van der Waals surface area contributed by atoms with Gasteiger partial charge in [0, 0.05) is 32.3 Å². The largest absolute Gasteiger partial charge is 0.344 e. The van der Waals surface area contributed by atoms with Gasteiger partial charge in [-0.15, -0.1) is 0 Å². The first-order valence-corrected chi connectivity index (χ1v) is 7.76. The van der Waals surface area contributed by atoms with Gasteiger partial charge in [-0.3, -0.25) is 14.3 Å². The van der Waals surface area contributed by atoms with Gasteiger partial charge in [0.25, 0.3) is 0 Å². The summed E-state index contributed by atoms with van der Waals surface area (Å²) < 4.78 is 15.3. The lowest BCUT2D eigenvalue weighted by atomic mass is 9.91. The molecule has 0 bridgehead atoms. The number of carbonyl (C=O) groups excluding carboxylic acids is 2. The lowest BCUT2D eigenvalue weighted by molar-refractivity contribution is -0.135.